The zero-order chi connectivity index (χ0) is 13.2. The lowest BCUT2D eigenvalue weighted by Crippen LogP contribution is -1.97. The molecule has 0 aliphatic rings. The summed E-state index contributed by atoms with van der Waals surface area (Å²) in [5.41, 5.74) is 2.58. The monoisotopic (exact) mass is 273 g/mol. The lowest BCUT2D eigenvalue weighted by atomic mass is 10.3. The van der Waals surface area contributed by atoms with Gasteiger partial charge in [0.1, 0.15) is 18.2 Å². The minimum atomic E-state index is 0.372. The van der Waals surface area contributed by atoms with Crippen LogP contribution in [0.2, 0.25) is 5.02 Å². The van der Waals surface area contributed by atoms with Gasteiger partial charge in [-0.1, -0.05) is 11.6 Å². The second-order valence-electron chi connectivity index (χ2n) is 4.25. The SMILES string of the molecule is Cc1ccc2[nH]c(COc3ccc(Cl)cc3)nc2n1. The Morgan fingerprint density at radius 3 is 2.68 bits per heavy atom. The number of rotatable bonds is 3. The summed E-state index contributed by atoms with van der Waals surface area (Å²) >= 11 is 5.81. The molecule has 0 aliphatic carbocycles. The molecule has 0 aliphatic heterocycles. The summed E-state index contributed by atoms with van der Waals surface area (Å²) in [5.74, 6) is 1.51. The molecule has 3 rings (SSSR count). The summed E-state index contributed by atoms with van der Waals surface area (Å²) in [6, 6.07) is 11.2. The Labute approximate surface area is 115 Å². The van der Waals surface area contributed by atoms with E-state index in [-0.39, 0.29) is 0 Å². The fourth-order valence-corrected chi connectivity index (χ4v) is 1.91. The van der Waals surface area contributed by atoms with Crippen molar-refractivity contribution in [1.29, 1.82) is 0 Å². The maximum absolute atomic E-state index is 5.81. The van der Waals surface area contributed by atoms with E-state index in [0.29, 0.717) is 11.6 Å². The van der Waals surface area contributed by atoms with Crippen LogP contribution in [-0.2, 0) is 6.61 Å². The van der Waals surface area contributed by atoms with Gasteiger partial charge in [0.2, 0.25) is 0 Å². The largest absolute Gasteiger partial charge is 0.486 e. The molecule has 0 amide bonds. The van der Waals surface area contributed by atoms with E-state index >= 15 is 0 Å². The van der Waals surface area contributed by atoms with Gasteiger partial charge >= 0.3 is 0 Å². The maximum Gasteiger partial charge on any atom is 0.178 e. The molecule has 0 spiro atoms. The Bertz CT molecular complexity index is 706. The number of fused-ring (bicyclic) bond motifs is 1. The van der Waals surface area contributed by atoms with Crippen molar-refractivity contribution in [3.63, 3.8) is 0 Å². The Morgan fingerprint density at radius 1 is 1.11 bits per heavy atom. The molecule has 96 valence electrons. The topological polar surface area (TPSA) is 50.8 Å². The van der Waals surface area contributed by atoms with Crippen LogP contribution in [0.3, 0.4) is 0 Å². The van der Waals surface area contributed by atoms with Crippen LogP contribution in [0, 0.1) is 6.92 Å². The van der Waals surface area contributed by atoms with E-state index in [1.54, 1.807) is 12.1 Å². The summed E-state index contributed by atoms with van der Waals surface area (Å²) in [6.45, 7) is 2.31. The van der Waals surface area contributed by atoms with Crippen molar-refractivity contribution < 1.29 is 4.74 Å². The van der Waals surface area contributed by atoms with Gasteiger partial charge in [-0.15, -0.1) is 0 Å². The summed E-state index contributed by atoms with van der Waals surface area (Å²) < 4.78 is 5.63. The minimum Gasteiger partial charge on any atom is -0.486 e. The van der Waals surface area contributed by atoms with E-state index in [1.807, 2.05) is 31.2 Å². The molecular weight excluding hydrogens is 262 g/mol. The van der Waals surface area contributed by atoms with Gasteiger partial charge in [-0.3, -0.25) is 0 Å². The molecule has 0 saturated carbocycles. The van der Waals surface area contributed by atoms with Gasteiger partial charge in [0.15, 0.2) is 5.65 Å². The first-order valence-electron chi connectivity index (χ1n) is 5.91. The number of benzene rings is 1. The van der Waals surface area contributed by atoms with E-state index in [9.17, 15) is 0 Å². The van der Waals surface area contributed by atoms with Crippen molar-refractivity contribution >= 4 is 22.8 Å². The number of nitrogens with zero attached hydrogens (tertiary/aromatic N) is 2. The predicted molar refractivity (Wildman–Crippen MR) is 74.4 cm³/mol. The van der Waals surface area contributed by atoms with Crippen molar-refractivity contribution in [3.05, 3.63) is 52.9 Å². The Morgan fingerprint density at radius 2 is 1.89 bits per heavy atom. The molecule has 1 N–H and O–H groups in total. The molecule has 3 aromatic rings. The molecule has 0 unspecified atom stereocenters. The van der Waals surface area contributed by atoms with Crippen molar-refractivity contribution in [2.75, 3.05) is 0 Å². The molecule has 0 atom stereocenters. The standard InChI is InChI=1S/C14H12ClN3O/c1-9-2-7-12-14(16-9)18-13(17-12)8-19-11-5-3-10(15)4-6-11/h2-7H,8H2,1H3,(H,16,17,18). The van der Waals surface area contributed by atoms with Gasteiger partial charge in [-0.25, -0.2) is 9.97 Å². The molecule has 2 aromatic heterocycles. The van der Waals surface area contributed by atoms with Crippen LogP contribution in [0.15, 0.2) is 36.4 Å². The fourth-order valence-electron chi connectivity index (χ4n) is 1.79. The third-order valence-corrected chi connectivity index (χ3v) is 2.98. The van der Waals surface area contributed by atoms with Gasteiger partial charge in [-0.2, -0.15) is 0 Å². The number of aromatic nitrogens is 3. The summed E-state index contributed by atoms with van der Waals surface area (Å²) in [4.78, 5) is 11.9. The molecule has 1 aromatic carbocycles. The van der Waals surface area contributed by atoms with Crippen LogP contribution in [0.25, 0.3) is 11.2 Å². The van der Waals surface area contributed by atoms with Crippen molar-refractivity contribution in [2.45, 2.75) is 13.5 Å². The van der Waals surface area contributed by atoms with E-state index < -0.39 is 0 Å². The zero-order valence-corrected chi connectivity index (χ0v) is 11.1. The first kappa shape index (κ1) is 12.0. The van der Waals surface area contributed by atoms with Gasteiger partial charge in [-0.05, 0) is 43.3 Å². The number of pyridine rings is 1. The lowest BCUT2D eigenvalue weighted by Gasteiger charge is -2.03. The lowest BCUT2D eigenvalue weighted by molar-refractivity contribution is 0.297. The second kappa shape index (κ2) is 4.90. The van der Waals surface area contributed by atoms with E-state index in [2.05, 4.69) is 15.0 Å². The Balaban J connectivity index is 1.76. The highest BCUT2D eigenvalue weighted by Gasteiger charge is 2.04. The number of halogens is 1. The van der Waals surface area contributed by atoms with Crippen LogP contribution >= 0.6 is 11.6 Å². The molecule has 0 radical (unpaired) electrons. The number of nitrogens with one attached hydrogen (secondary N) is 1. The van der Waals surface area contributed by atoms with Crippen LogP contribution < -0.4 is 4.74 Å². The molecule has 0 bridgehead atoms. The number of ether oxygens (including phenoxy) is 1. The van der Waals surface area contributed by atoms with Gasteiger partial charge in [0.05, 0.1) is 5.52 Å². The van der Waals surface area contributed by atoms with E-state index in [0.717, 1.165) is 28.4 Å². The van der Waals surface area contributed by atoms with Crippen LogP contribution in [0.1, 0.15) is 11.5 Å². The quantitative estimate of drug-likeness (QED) is 0.795. The van der Waals surface area contributed by atoms with Gasteiger partial charge in [0.25, 0.3) is 0 Å². The highest BCUT2D eigenvalue weighted by molar-refractivity contribution is 6.30. The normalized spacial score (nSPS) is 10.8. The maximum atomic E-state index is 5.81. The van der Waals surface area contributed by atoms with E-state index in [1.165, 1.54) is 0 Å². The van der Waals surface area contributed by atoms with Crippen LogP contribution in [-0.4, -0.2) is 15.0 Å². The molecule has 19 heavy (non-hydrogen) atoms. The Kier molecular flexibility index (Phi) is 3.09. The first-order chi connectivity index (χ1) is 9.20. The van der Waals surface area contributed by atoms with Crippen molar-refractivity contribution in [1.82, 2.24) is 15.0 Å². The molecule has 2 heterocycles. The number of hydrogen-bond acceptors (Lipinski definition) is 3. The Hall–Kier alpha value is -2.07. The average Bonchev–Trinajstić information content (AvgIpc) is 2.80. The molecule has 4 nitrogen and oxygen atoms in total. The highest BCUT2D eigenvalue weighted by Crippen LogP contribution is 2.17. The fraction of sp³-hybridized carbons (Fsp3) is 0.143. The number of aryl methyl sites for hydroxylation is 1. The summed E-state index contributed by atoms with van der Waals surface area (Å²) in [7, 11) is 0. The number of imidazole rings is 1. The average molecular weight is 274 g/mol. The summed E-state index contributed by atoms with van der Waals surface area (Å²) in [6.07, 6.45) is 0. The smallest absolute Gasteiger partial charge is 0.178 e. The van der Waals surface area contributed by atoms with Crippen molar-refractivity contribution in [3.8, 4) is 5.75 Å². The van der Waals surface area contributed by atoms with Crippen molar-refractivity contribution in [2.24, 2.45) is 0 Å². The highest BCUT2D eigenvalue weighted by atomic mass is 35.5. The number of hydrogen-bond donors (Lipinski definition) is 1. The molecular formula is C14H12ClN3O. The molecule has 0 fully saturated rings. The van der Waals surface area contributed by atoms with E-state index in [4.69, 9.17) is 16.3 Å². The van der Waals surface area contributed by atoms with Gasteiger partial charge < -0.3 is 9.72 Å². The number of aromatic amines is 1. The molecule has 0 saturated heterocycles. The predicted octanol–water partition coefficient (Wildman–Crippen LogP) is 3.50. The second-order valence-corrected chi connectivity index (χ2v) is 4.69. The zero-order valence-electron chi connectivity index (χ0n) is 10.4. The minimum absolute atomic E-state index is 0.372. The van der Waals surface area contributed by atoms with Crippen LogP contribution in [0.5, 0.6) is 5.75 Å². The third kappa shape index (κ3) is 2.69. The molecule has 5 heteroatoms. The van der Waals surface area contributed by atoms with Crippen LogP contribution in [0.4, 0.5) is 0 Å². The number of H-pyrrole nitrogens is 1. The third-order valence-electron chi connectivity index (χ3n) is 2.72. The summed E-state index contributed by atoms with van der Waals surface area (Å²) in [5, 5.41) is 0.691. The first-order valence-corrected chi connectivity index (χ1v) is 6.29. The van der Waals surface area contributed by atoms with Gasteiger partial charge in [0, 0.05) is 10.7 Å².